The lowest BCUT2D eigenvalue weighted by molar-refractivity contribution is -0.137. The molecule has 1 aromatic carbocycles. The van der Waals surface area contributed by atoms with Crippen LogP contribution in [0.4, 0.5) is 5.69 Å². The van der Waals surface area contributed by atoms with Crippen molar-refractivity contribution >= 4 is 62.6 Å². The number of rotatable bonds is 6. The molecule has 0 saturated heterocycles. The molecule has 0 bridgehead atoms. The van der Waals surface area contributed by atoms with E-state index in [4.69, 9.17) is 5.11 Å². The number of aromatic nitrogens is 1. The van der Waals surface area contributed by atoms with Crippen molar-refractivity contribution in [3.05, 3.63) is 23.2 Å². The summed E-state index contributed by atoms with van der Waals surface area (Å²) < 4.78 is 1.08. The van der Waals surface area contributed by atoms with E-state index in [1.54, 1.807) is 11.3 Å². The molecule has 1 aromatic heterocycles. The van der Waals surface area contributed by atoms with Gasteiger partial charge in [0.1, 0.15) is 10.1 Å². The second kappa shape index (κ2) is 6.89. The molecular weight excluding hydrogens is 338 g/mol. The number of aliphatic imine (C=N–C) groups is 1. The highest BCUT2D eigenvalue weighted by atomic mass is 32.2. The molecule has 2 heterocycles. The van der Waals surface area contributed by atoms with Crippen LogP contribution in [0.25, 0.3) is 10.2 Å². The molecule has 1 unspecified atom stereocenters. The van der Waals surface area contributed by atoms with Crippen LogP contribution in [0, 0.1) is 0 Å². The van der Waals surface area contributed by atoms with Gasteiger partial charge in [0.25, 0.3) is 0 Å². The van der Waals surface area contributed by atoms with E-state index < -0.39 is 12.0 Å². The Morgan fingerprint density at radius 2 is 2.36 bits per heavy atom. The molecule has 0 amide bonds. The summed E-state index contributed by atoms with van der Waals surface area (Å²) in [7, 11) is 0. The fourth-order valence-corrected chi connectivity index (χ4v) is 4.32. The number of nitrogens with one attached hydrogen (secondary N) is 1. The van der Waals surface area contributed by atoms with Crippen LogP contribution in [-0.2, 0) is 4.79 Å². The zero-order valence-corrected chi connectivity index (χ0v) is 14.2. The zero-order valence-electron chi connectivity index (χ0n) is 11.7. The number of hydrogen-bond donors (Lipinski definition) is 3. The zero-order chi connectivity index (χ0) is 15.5. The molecule has 8 heteroatoms. The molecule has 3 rings (SSSR count). The van der Waals surface area contributed by atoms with Crippen molar-refractivity contribution in [2.24, 2.45) is 4.99 Å². The van der Waals surface area contributed by atoms with Gasteiger partial charge in [0.2, 0.25) is 0 Å². The molecule has 1 aliphatic heterocycles. The van der Waals surface area contributed by atoms with Gasteiger partial charge in [-0.1, -0.05) is 0 Å². The van der Waals surface area contributed by atoms with Gasteiger partial charge in [-0.3, -0.25) is 4.99 Å². The topological polar surface area (TPSA) is 74.6 Å². The Hall–Kier alpha value is -1.25. The molecule has 0 radical (unpaired) electrons. The van der Waals surface area contributed by atoms with Crippen molar-refractivity contribution in [2.75, 3.05) is 23.4 Å². The lowest BCUT2D eigenvalue weighted by Crippen LogP contribution is -2.17. The summed E-state index contributed by atoms with van der Waals surface area (Å²) in [6.07, 6.45) is 1.01. The van der Waals surface area contributed by atoms with Gasteiger partial charge in [0.05, 0.1) is 10.2 Å². The predicted octanol–water partition coefficient (Wildman–Crippen LogP) is 2.97. The molecule has 0 aliphatic carbocycles. The van der Waals surface area contributed by atoms with Crippen LogP contribution in [0.5, 0.6) is 0 Å². The summed E-state index contributed by atoms with van der Waals surface area (Å²) in [6, 6.07) is 5.41. The van der Waals surface area contributed by atoms with Crippen LogP contribution in [0.3, 0.4) is 0 Å². The Kier molecular flexibility index (Phi) is 4.90. The minimum Gasteiger partial charge on any atom is -0.480 e. The molecule has 2 aromatic rings. The second-order valence-corrected chi connectivity index (χ2v) is 7.29. The number of carbonyl (C=O) groups is 1. The normalized spacial score (nSPS) is 17.7. The van der Waals surface area contributed by atoms with Crippen molar-refractivity contribution in [3.63, 3.8) is 0 Å². The maximum absolute atomic E-state index is 11.0. The Morgan fingerprint density at radius 1 is 1.50 bits per heavy atom. The number of fused-ring (bicyclic) bond motifs is 1. The molecule has 0 spiro atoms. The third kappa shape index (κ3) is 3.39. The van der Waals surface area contributed by atoms with Crippen molar-refractivity contribution in [3.8, 4) is 0 Å². The number of aliphatic carboxylic acids is 1. The minimum absolute atomic E-state index is 0.483. The highest BCUT2D eigenvalue weighted by molar-refractivity contribution is 8.15. The number of thioether (sulfide) groups is 1. The second-order valence-electron chi connectivity index (χ2n) is 4.80. The van der Waals surface area contributed by atoms with Crippen LogP contribution in [0.2, 0.25) is 0 Å². The van der Waals surface area contributed by atoms with Crippen molar-refractivity contribution < 1.29 is 9.90 Å². The smallest absolute Gasteiger partial charge is 0.329 e. The maximum atomic E-state index is 11.0. The predicted molar refractivity (Wildman–Crippen MR) is 97.0 cm³/mol. The molecule has 0 fully saturated rings. The van der Waals surface area contributed by atoms with E-state index in [0.717, 1.165) is 44.7 Å². The first-order valence-electron chi connectivity index (χ1n) is 6.86. The fourth-order valence-electron chi connectivity index (χ4n) is 2.06. The Balaban J connectivity index is 1.81. The van der Waals surface area contributed by atoms with Gasteiger partial charge in [-0.15, -0.1) is 23.1 Å². The lowest BCUT2D eigenvalue weighted by Gasteiger charge is -2.04. The van der Waals surface area contributed by atoms with Gasteiger partial charge >= 0.3 is 5.97 Å². The SMILES string of the molecule is O=C(O)C1CSC(c2nc3ccc(NCCCS)cc3s2)=N1. The highest BCUT2D eigenvalue weighted by Crippen LogP contribution is 2.31. The van der Waals surface area contributed by atoms with E-state index in [0.29, 0.717) is 5.75 Å². The summed E-state index contributed by atoms with van der Waals surface area (Å²) in [4.78, 5) is 19.8. The first kappa shape index (κ1) is 15.6. The summed E-state index contributed by atoms with van der Waals surface area (Å²) in [6.45, 7) is 0.892. The number of carboxylic acid groups (broad SMARTS) is 1. The number of thiol groups is 1. The summed E-state index contributed by atoms with van der Waals surface area (Å²) in [5.41, 5.74) is 1.98. The molecular formula is C14H15N3O2S3. The molecule has 0 saturated carbocycles. The largest absolute Gasteiger partial charge is 0.480 e. The van der Waals surface area contributed by atoms with Gasteiger partial charge in [-0.25, -0.2) is 9.78 Å². The number of anilines is 1. The summed E-state index contributed by atoms with van der Waals surface area (Å²) in [5.74, 6) is 0.470. The molecule has 116 valence electrons. The van der Waals surface area contributed by atoms with Gasteiger partial charge in [0, 0.05) is 18.0 Å². The van der Waals surface area contributed by atoms with Crippen molar-refractivity contribution in [2.45, 2.75) is 12.5 Å². The molecule has 1 aliphatic rings. The van der Waals surface area contributed by atoms with E-state index in [2.05, 4.69) is 34.0 Å². The molecule has 22 heavy (non-hydrogen) atoms. The van der Waals surface area contributed by atoms with Crippen LogP contribution in [-0.4, -0.2) is 45.2 Å². The highest BCUT2D eigenvalue weighted by Gasteiger charge is 2.26. The number of thiazole rings is 1. The molecule has 5 nitrogen and oxygen atoms in total. The maximum Gasteiger partial charge on any atom is 0.329 e. The average Bonchev–Trinajstić information content (AvgIpc) is 3.13. The fraction of sp³-hybridized carbons (Fsp3) is 0.357. The Morgan fingerprint density at radius 3 is 3.09 bits per heavy atom. The van der Waals surface area contributed by atoms with E-state index in [-0.39, 0.29) is 0 Å². The summed E-state index contributed by atoms with van der Waals surface area (Å²) >= 11 is 7.21. The van der Waals surface area contributed by atoms with E-state index in [1.165, 1.54) is 11.8 Å². The lowest BCUT2D eigenvalue weighted by atomic mass is 10.3. The average molecular weight is 353 g/mol. The Bertz CT molecular complexity index is 729. The van der Waals surface area contributed by atoms with Gasteiger partial charge in [-0.05, 0) is 30.4 Å². The molecule has 2 N–H and O–H groups in total. The van der Waals surface area contributed by atoms with E-state index in [9.17, 15) is 4.79 Å². The van der Waals surface area contributed by atoms with Gasteiger partial charge in [0.15, 0.2) is 6.04 Å². The van der Waals surface area contributed by atoms with Crippen LogP contribution in [0.1, 0.15) is 11.4 Å². The third-order valence-corrected chi connectivity index (χ3v) is 5.70. The first-order valence-corrected chi connectivity index (χ1v) is 9.30. The van der Waals surface area contributed by atoms with Crippen molar-refractivity contribution in [1.82, 2.24) is 4.98 Å². The monoisotopic (exact) mass is 353 g/mol. The number of hydrogen-bond acceptors (Lipinski definition) is 7. The van der Waals surface area contributed by atoms with Gasteiger partial charge < -0.3 is 10.4 Å². The number of benzene rings is 1. The van der Waals surface area contributed by atoms with Gasteiger partial charge in [-0.2, -0.15) is 12.6 Å². The quantitative estimate of drug-likeness (QED) is 0.550. The van der Waals surface area contributed by atoms with E-state index in [1.807, 2.05) is 12.1 Å². The van der Waals surface area contributed by atoms with Crippen LogP contribution >= 0.6 is 35.7 Å². The van der Waals surface area contributed by atoms with Crippen LogP contribution < -0.4 is 5.32 Å². The van der Waals surface area contributed by atoms with E-state index >= 15 is 0 Å². The third-order valence-electron chi connectivity index (χ3n) is 3.17. The summed E-state index contributed by atoms with van der Waals surface area (Å²) in [5, 5.41) is 13.9. The van der Waals surface area contributed by atoms with Crippen LogP contribution in [0.15, 0.2) is 23.2 Å². The number of nitrogens with zero attached hydrogens (tertiary/aromatic N) is 2. The van der Waals surface area contributed by atoms with Crippen molar-refractivity contribution in [1.29, 1.82) is 0 Å². The number of carboxylic acids is 1. The standard InChI is InChI=1S/C14H15N3O2S3/c18-14(19)10-7-21-12(17-10)13-16-9-3-2-8(6-11(9)22-13)15-4-1-5-20/h2-3,6,10,15,20H,1,4-5,7H2,(H,18,19). The molecule has 1 atom stereocenters. The minimum atomic E-state index is -0.876. The first-order chi connectivity index (χ1) is 10.7. The Labute approximate surface area is 141 Å².